The van der Waals surface area contributed by atoms with Gasteiger partial charge in [-0.05, 0) is 83.6 Å². The Hall–Kier alpha value is -2.48. The van der Waals surface area contributed by atoms with Gasteiger partial charge in [0.1, 0.15) is 17.7 Å². The van der Waals surface area contributed by atoms with Gasteiger partial charge in [0.25, 0.3) is 0 Å². The van der Waals surface area contributed by atoms with Crippen molar-refractivity contribution in [3.8, 4) is 0 Å². The fourth-order valence-electron chi connectivity index (χ4n) is 4.16. The smallest absolute Gasteiger partial charge is 0.408 e. The molecule has 220 valence electrons. The van der Waals surface area contributed by atoms with Crippen LogP contribution in [-0.2, 0) is 14.3 Å². The zero-order valence-electron chi connectivity index (χ0n) is 25.4. The van der Waals surface area contributed by atoms with Crippen molar-refractivity contribution in [2.24, 2.45) is 0 Å². The molecule has 0 spiro atoms. The third-order valence-electron chi connectivity index (χ3n) is 5.91. The number of carbonyl (C=O) groups excluding carboxylic acids is 3. The summed E-state index contributed by atoms with van der Waals surface area (Å²) in [5, 5.41) is 5.88. The molecule has 0 bridgehead atoms. The van der Waals surface area contributed by atoms with Gasteiger partial charge in [-0.2, -0.15) is 11.8 Å². The molecular weight excluding hydrogens is 510 g/mol. The first kappa shape index (κ1) is 34.5. The molecule has 0 heterocycles. The molecular formula is C31H51N3O4S. The van der Waals surface area contributed by atoms with E-state index in [1.807, 2.05) is 51.3 Å². The van der Waals surface area contributed by atoms with E-state index in [0.717, 1.165) is 37.7 Å². The zero-order chi connectivity index (χ0) is 29.6. The summed E-state index contributed by atoms with van der Waals surface area (Å²) >= 11 is 1.60. The quantitative estimate of drug-likeness (QED) is 0.232. The molecule has 39 heavy (non-hydrogen) atoms. The molecule has 0 aliphatic heterocycles. The van der Waals surface area contributed by atoms with Crippen LogP contribution in [0.15, 0.2) is 30.8 Å². The highest BCUT2D eigenvalue weighted by Crippen LogP contribution is 2.26. The average molecular weight is 562 g/mol. The second-order valence-electron chi connectivity index (χ2n) is 11.9. The number of nitrogens with zero attached hydrogens (tertiary/aromatic N) is 1. The molecule has 2 atom stereocenters. The SMILES string of the molecule is C=Cc1cccc(C(C(=O)NC(C)(C)C)N(CCCCCCC)C(=O)C(CCSC)NC(=O)OC(C)(C)C)c1. The molecule has 7 nitrogen and oxygen atoms in total. The fourth-order valence-corrected chi connectivity index (χ4v) is 4.63. The summed E-state index contributed by atoms with van der Waals surface area (Å²) in [5.41, 5.74) is 0.379. The molecule has 0 radical (unpaired) electrons. The van der Waals surface area contributed by atoms with E-state index < -0.39 is 29.3 Å². The van der Waals surface area contributed by atoms with Crippen LogP contribution in [-0.4, -0.2) is 58.5 Å². The second-order valence-corrected chi connectivity index (χ2v) is 12.9. The first-order chi connectivity index (χ1) is 18.2. The number of benzene rings is 1. The minimum Gasteiger partial charge on any atom is -0.444 e. The van der Waals surface area contributed by atoms with Crippen LogP contribution in [0.5, 0.6) is 0 Å². The van der Waals surface area contributed by atoms with Crippen LogP contribution in [0, 0.1) is 0 Å². The molecule has 0 saturated heterocycles. The molecule has 2 unspecified atom stereocenters. The minimum absolute atomic E-state index is 0.258. The largest absolute Gasteiger partial charge is 0.444 e. The van der Waals surface area contributed by atoms with Crippen molar-refractivity contribution in [1.29, 1.82) is 0 Å². The summed E-state index contributed by atoms with van der Waals surface area (Å²) in [4.78, 5) is 42.5. The summed E-state index contributed by atoms with van der Waals surface area (Å²) in [6.07, 6.45) is 8.48. The third kappa shape index (κ3) is 13.4. The van der Waals surface area contributed by atoms with Gasteiger partial charge in [0.05, 0.1) is 0 Å². The number of nitrogens with one attached hydrogen (secondary N) is 2. The Morgan fingerprint density at radius 1 is 1.08 bits per heavy atom. The average Bonchev–Trinajstić information content (AvgIpc) is 2.83. The number of hydrogen-bond donors (Lipinski definition) is 2. The van der Waals surface area contributed by atoms with Crippen molar-refractivity contribution in [2.75, 3.05) is 18.6 Å². The predicted octanol–water partition coefficient (Wildman–Crippen LogP) is 6.73. The Bertz CT molecular complexity index is 936. The van der Waals surface area contributed by atoms with E-state index in [1.54, 1.807) is 43.5 Å². The van der Waals surface area contributed by atoms with Gasteiger partial charge in [-0.15, -0.1) is 0 Å². The fraction of sp³-hybridized carbons (Fsp3) is 0.645. The third-order valence-corrected chi connectivity index (χ3v) is 6.55. The predicted molar refractivity (Wildman–Crippen MR) is 164 cm³/mol. The minimum atomic E-state index is -0.861. The van der Waals surface area contributed by atoms with Gasteiger partial charge < -0.3 is 20.3 Å². The summed E-state index contributed by atoms with van der Waals surface area (Å²) < 4.78 is 5.47. The van der Waals surface area contributed by atoms with Crippen molar-refractivity contribution in [3.05, 3.63) is 42.0 Å². The Kier molecular flexibility index (Phi) is 14.7. The van der Waals surface area contributed by atoms with E-state index >= 15 is 0 Å². The number of carbonyl (C=O) groups is 3. The van der Waals surface area contributed by atoms with Crippen LogP contribution in [0.1, 0.15) is 104 Å². The molecule has 0 aromatic heterocycles. The molecule has 0 aliphatic rings. The van der Waals surface area contributed by atoms with Crippen molar-refractivity contribution in [1.82, 2.24) is 15.5 Å². The van der Waals surface area contributed by atoms with Gasteiger partial charge in [0.2, 0.25) is 11.8 Å². The molecule has 1 rings (SSSR count). The molecule has 1 aromatic rings. The van der Waals surface area contributed by atoms with Crippen LogP contribution in [0.3, 0.4) is 0 Å². The number of amides is 3. The number of unbranched alkanes of at least 4 members (excludes halogenated alkanes) is 4. The molecule has 0 fully saturated rings. The maximum absolute atomic E-state index is 14.3. The second kappa shape index (κ2) is 16.6. The number of hydrogen-bond acceptors (Lipinski definition) is 5. The summed E-state index contributed by atoms with van der Waals surface area (Å²) in [5.74, 6) is 0.122. The standard InChI is InChI=1S/C31H51N3O4S/c1-10-12-13-14-15-20-34(28(36)25(19-21-39-9)32-29(37)38-31(6,7)8)26(27(35)33-30(3,4)5)24-18-16-17-23(11-2)22-24/h11,16-18,22,25-26H,2,10,12-15,19-21H2,1,3-9H3,(H,32,37)(H,33,35). The summed E-state index contributed by atoms with van der Waals surface area (Å²) in [6.45, 7) is 17.5. The maximum atomic E-state index is 14.3. The van der Waals surface area contributed by atoms with E-state index in [1.165, 1.54) is 0 Å². The highest BCUT2D eigenvalue weighted by molar-refractivity contribution is 7.98. The normalized spacial score (nSPS) is 13.2. The lowest BCUT2D eigenvalue weighted by atomic mass is 9.98. The van der Waals surface area contributed by atoms with Gasteiger partial charge >= 0.3 is 6.09 Å². The van der Waals surface area contributed by atoms with Crippen LogP contribution in [0.4, 0.5) is 4.79 Å². The van der Waals surface area contributed by atoms with Gasteiger partial charge in [0.15, 0.2) is 0 Å². The van der Waals surface area contributed by atoms with Gasteiger partial charge in [0, 0.05) is 12.1 Å². The van der Waals surface area contributed by atoms with Gasteiger partial charge in [-0.25, -0.2) is 4.79 Å². The van der Waals surface area contributed by atoms with Crippen molar-refractivity contribution in [3.63, 3.8) is 0 Å². The summed E-state index contributed by atoms with van der Waals surface area (Å²) in [7, 11) is 0. The Morgan fingerprint density at radius 3 is 2.31 bits per heavy atom. The van der Waals surface area contributed by atoms with E-state index in [4.69, 9.17) is 4.74 Å². The Balaban J connectivity index is 3.53. The molecule has 0 saturated carbocycles. The number of alkyl carbamates (subject to hydrolysis) is 1. The Labute approximate surface area is 240 Å². The molecule has 8 heteroatoms. The Morgan fingerprint density at radius 2 is 1.74 bits per heavy atom. The topological polar surface area (TPSA) is 87.7 Å². The van der Waals surface area contributed by atoms with E-state index in [-0.39, 0.29) is 11.8 Å². The monoisotopic (exact) mass is 561 g/mol. The van der Waals surface area contributed by atoms with Crippen LogP contribution in [0.25, 0.3) is 6.08 Å². The van der Waals surface area contributed by atoms with E-state index in [0.29, 0.717) is 24.3 Å². The molecule has 3 amide bonds. The highest BCUT2D eigenvalue weighted by atomic mass is 32.2. The van der Waals surface area contributed by atoms with Gasteiger partial charge in [-0.3, -0.25) is 9.59 Å². The molecule has 1 aromatic carbocycles. The maximum Gasteiger partial charge on any atom is 0.408 e. The van der Waals surface area contributed by atoms with Crippen molar-refractivity contribution < 1.29 is 19.1 Å². The first-order valence-electron chi connectivity index (χ1n) is 14.1. The lowest BCUT2D eigenvalue weighted by Gasteiger charge is -2.36. The zero-order valence-corrected chi connectivity index (χ0v) is 26.2. The van der Waals surface area contributed by atoms with E-state index in [2.05, 4.69) is 24.1 Å². The highest BCUT2D eigenvalue weighted by Gasteiger charge is 2.37. The summed E-state index contributed by atoms with van der Waals surface area (Å²) in [6, 6.07) is 5.87. The van der Waals surface area contributed by atoms with Gasteiger partial charge in [-0.1, -0.05) is 63.5 Å². The van der Waals surface area contributed by atoms with Crippen LogP contribution < -0.4 is 10.6 Å². The van der Waals surface area contributed by atoms with Crippen LogP contribution in [0.2, 0.25) is 0 Å². The number of rotatable bonds is 15. The lowest BCUT2D eigenvalue weighted by Crippen LogP contribution is -2.55. The van der Waals surface area contributed by atoms with Crippen LogP contribution >= 0.6 is 11.8 Å². The van der Waals surface area contributed by atoms with Crippen molar-refractivity contribution >= 4 is 35.7 Å². The van der Waals surface area contributed by atoms with Crippen molar-refractivity contribution in [2.45, 2.75) is 110 Å². The van der Waals surface area contributed by atoms with E-state index in [9.17, 15) is 14.4 Å². The first-order valence-corrected chi connectivity index (χ1v) is 15.4. The number of thioether (sulfide) groups is 1. The molecule has 0 aliphatic carbocycles. The molecule has 2 N–H and O–H groups in total. The number of ether oxygens (including phenoxy) is 1. The lowest BCUT2D eigenvalue weighted by molar-refractivity contribution is -0.143.